The van der Waals surface area contributed by atoms with Gasteiger partial charge in [-0.3, -0.25) is 4.79 Å². The highest BCUT2D eigenvalue weighted by atomic mass is 35.5. The van der Waals surface area contributed by atoms with E-state index >= 15 is 0 Å². The third kappa shape index (κ3) is 6.29. The Kier molecular flexibility index (Phi) is 7.59. The molecule has 1 aromatic heterocycles. The molecular weight excluding hydrogens is 452 g/mol. The van der Waals surface area contributed by atoms with Crippen LogP contribution in [0.4, 0.5) is 15.3 Å². The molecule has 2 heterocycles. The first kappa shape index (κ1) is 23.6. The van der Waals surface area contributed by atoms with Crippen LogP contribution >= 0.6 is 11.6 Å². The van der Waals surface area contributed by atoms with Crippen molar-refractivity contribution in [3.05, 3.63) is 21.6 Å². The van der Waals surface area contributed by atoms with Gasteiger partial charge in [-0.2, -0.15) is 5.10 Å². The van der Waals surface area contributed by atoms with Gasteiger partial charge in [0, 0.05) is 31.1 Å². The van der Waals surface area contributed by atoms with Crippen LogP contribution in [0.2, 0.25) is 5.02 Å². The number of urea groups is 1. The molecule has 4 rings (SSSR count). The molecule has 11 nitrogen and oxygen atoms in total. The van der Waals surface area contributed by atoms with Crippen molar-refractivity contribution >= 4 is 29.4 Å². The second-order valence-corrected chi connectivity index (χ2v) is 9.32. The maximum atomic E-state index is 12.4. The van der Waals surface area contributed by atoms with Gasteiger partial charge in [-0.1, -0.05) is 11.6 Å². The summed E-state index contributed by atoms with van der Waals surface area (Å²) >= 11 is 6.22. The van der Waals surface area contributed by atoms with E-state index in [1.54, 1.807) is 0 Å². The summed E-state index contributed by atoms with van der Waals surface area (Å²) < 4.78 is 6.71. The molecule has 33 heavy (non-hydrogen) atoms. The van der Waals surface area contributed by atoms with Crippen molar-refractivity contribution < 1.29 is 19.4 Å². The Bertz CT molecular complexity index is 915. The maximum Gasteiger partial charge on any atom is 0.407 e. The molecule has 1 aromatic rings. The van der Waals surface area contributed by atoms with Crippen LogP contribution in [0.15, 0.2) is 11.0 Å². The van der Waals surface area contributed by atoms with Gasteiger partial charge in [0.25, 0.3) is 5.56 Å². The van der Waals surface area contributed by atoms with Crippen LogP contribution < -0.4 is 26.4 Å². The summed E-state index contributed by atoms with van der Waals surface area (Å²) in [5.41, 5.74) is 0.0411. The molecule has 1 atom stereocenters. The number of ether oxygens (including phenoxy) is 1. The summed E-state index contributed by atoms with van der Waals surface area (Å²) in [6.07, 6.45) is 6.67. The minimum Gasteiger partial charge on any atom is -0.444 e. The van der Waals surface area contributed by atoms with Crippen LogP contribution in [0.1, 0.15) is 44.9 Å². The van der Waals surface area contributed by atoms with Crippen LogP contribution in [0.3, 0.4) is 0 Å². The SMILES string of the molecule is O=C(NC1CC1)N[C@H]1CC[C@@H](NC(=O)O[C@@H]2CCN(c3cnn(CCO)c(=O)c3Cl)C2)CC1. The molecule has 3 aliphatic rings. The van der Waals surface area contributed by atoms with E-state index in [9.17, 15) is 14.4 Å². The minimum absolute atomic E-state index is 0.0253. The van der Waals surface area contributed by atoms with Crippen molar-refractivity contribution in [2.24, 2.45) is 0 Å². The van der Waals surface area contributed by atoms with E-state index < -0.39 is 11.7 Å². The second kappa shape index (κ2) is 10.6. The van der Waals surface area contributed by atoms with Gasteiger partial charge in [0.05, 0.1) is 31.6 Å². The molecule has 3 fully saturated rings. The fourth-order valence-corrected chi connectivity index (χ4v) is 4.61. The number of hydrogen-bond acceptors (Lipinski definition) is 7. The van der Waals surface area contributed by atoms with Crippen molar-refractivity contribution in [2.45, 2.75) is 75.7 Å². The highest BCUT2D eigenvalue weighted by Gasteiger charge is 2.30. The number of amides is 3. The maximum absolute atomic E-state index is 12.4. The van der Waals surface area contributed by atoms with Crippen LogP contribution in [0, 0.1) is 0 Å². The Morgan fingerprint density at radius 1 is 1.06 bits per heavy atom. The number of aromatic nitrogens is 2. The molecule has 4 N–H and O–H groups in total. The fourth-order valence-electron chi connectivity index (χ4n) is 4.35. The number of hydrogen-bond donors (Lipinski definition) is 4. The first-order chi connectivity index (χ1) is 15.9. The third-order valence-electron chi connectivity index (χ3n) is 6.33. The Labute approximate surface area is 196 Å². The van der Waals surface area contributed by atoms with Crippen molar-refractivity contribution in [3.63, 3.8) is 0 Å². The van der Waals surface area contributed by atoms with Crippen LogP contribution in [0.5, 0.6) is 0 Å². The minimum atomic E-state index is -0.458. The molecule has 0 radical (unpaired) electrons. The van der Waals surface area contributed by atoms with Gasteiger partial charge in [0.15, 0.2) is 0 Å². The lowest BCUT2D eigenvalue weighted by Crippen LogP contribution is -2.47. The number of aliphatic hydroxyl groups excluding tert-OH is 1. The first-order valence-electron chi connectivity index (χ1n) is 11.6. The summed E-state index contributed by atoms with van der Waals surface area (Å²) in [4.78, 5) is 38.4. The van der Waals surface area contributed by atoms with Gasteiger partial charge in [-0.05, 0) is 38.5 Å². The zero-order chi connectivity index (χ0) is 23.4. The largest absolute Gasteiger partial charge is 0.444 e. The monoisotopic (exact) mass is 482 g/mol. The van der Waals surface area contributed by atoms with Crippen LogP contribution in [0.25, 0.3) is 0 Å². The Hall–Kier alpha value is -2.53. The molecule has 182 valence electrons. The molecule has 0 bridgehead atoms. The first-order valence-corrected chi connectivity index (χ1v) is 12.0. The molecule has 0 unspecified atom stereocenters. The number of nitrogens with zero attached hydrogens (tertiary/aromatic N) is 3. The predicted molar refractivity (Wildman–Crippen MR) is 122 cm³/mol. The van der Waals surface area contributed by atoms with Gasteiger partial charge < -0.3 is 30.7 Å². The van der Waals surface area contributed by atoms with E-state index in [1.807, 2.05) is 4.90 Å². The average Bonchev–Trinajstić information content (AvgIpc) is 3.48. The molecule has 0 spiro atoms. The Balaban J connectivity index is 1.19. The molecule has 12 heteroatoms. The number of anilines is 1. The normalized spacial score (nSPS) is 24.9. The lowest BCUT2D eigenvalue weighted by Gasteiger charge is -2.29. The average molecular weight is 483 g/mol. The Morgan fingerprint density at radius 3 is 2.27 bits per heavy atom. The number of carbonyl (C=O) groups is 2. The summed E-state index contributed by atoms with van der Waals surface area (Å²) in [5.74, 6) is 0. The third-order valence-corrected chi connectivity index (χ3v) is 6.69. The highest BCUT2D eigenvalue weighted by molar-refractivity contribution is 6.33. The molecule has 0 aromatic carbocycles. The van der Waals surface area contributed by atoms with Crippen molar-refractivity contribution in [1.82, 2.24) is 25.7 Å². The molecule has 3 amide bonds. The number of halogens is 1. The zero-order valence-corrected chi connectivity index (χ0v) is 19.2. The Morgan fingerprint density at radius 2 is 1.67 bits per heavy atom. The molecular formula is C21H31ClN6O5. The quantitative estimate of drug-likeness (QED) is 0.454. The van der Waals surface area contributed by atoms with E-state index in [0.29, 0.717) is 31.2 Å². The number of alkyl carbamates (subject to hydrolysis) is 1. The van der Waals surface area contributed by atoms with Crippen molar-refractivity contribution in [2.75, 3.05) is 24.6 Å². The molecule has 1 saturated heterocycles. The van der Waals surface area contributed by atoms with Gasteiger partial charge in [-0.25, -0.2) is 14.3 Å². The van der Waals surface area contributed by atoms with Gasteiger partial charge in [0.1, 0.15) is 11.1 Å². The highest BCUT2D eigenvalue weighted by Crippen LogP contribution is 2.26. The van der Waals surface area contributed by atoms with Crippen LogP contribution in [-0.4, -0.2) is 70.9 Å². The van der Waals surface area contributed by atoms with Gasteiger partial charge in [0.2, 0.25) is 0 Å². The predicted octanol–water partition coefficient (Wildman–Crippen LogP) is 0.967. The summed E-state index contributed by atoms with van der Waals surface area (Å²) in [5, 5.41) is 22.0. The van der Waals surface area contributed by atoms with Crippen molar-refractivity contribution in [3.8, 4) is 0 Å². The molecule has 2 aliphatic carbocycles. The topological polar surface area (TPSA) is 138 Å². The smallest absolute Gasteiger partial charge is 0.407 e. The molecule has 1 aliphatic heterocycles. The number of carbonyl (C=O) groups excluding carboxylic acids is 2. The van der Waals surface area contributed by atoms with E-state index in [0.717, 1.165) is 43.2 Å². The van der Waals surface area contributed by atoms with Gasteiger partial charge >= 0.3 is 12.1 Å². The van der Waals surface area contributed by atoms with Crippen LogP contribution in [-0.2, 0) is 11.3 Å². The van der Waals surface area contributed by atoms with E-state index in [1.165, 1.54) is 6.20 Å². The summed E-state index contributed by atoms with van der Waals surface area (Å²) in [7, 11) is 0. The van der Waals surface area contributed by atoms with E-state index in [2.05, 4.69) is 21.0 Å². The summed E-state index contributed by atoms with van der Waals surface area (Å²) in [6, 6.07) is 0.397. The summed E-state index contributed by atoms with van der Waals surface area (Å²) in [6.45, 7) is 0.884. The van der Waals surface area contributed by atoms with E-state index in [-0.39, 0.29) is 42.4 Å². The standard InChI is InChI=1S/C21H31ClN6O5/c22-18-17(11-23-28(9-10-29)19(18)30)27-8-7-16(12-27)33-21(32)26-15-5-3-14(4-6-15)25-20(31)24-13-1-2-13/h11,13-16,29H,1-10,12H2,(H,26,32)(H2,24,25,31)/t14-,15+,16-/m1/s1. The second-order valence-electron chi connectivity index (χ2n) is 8.94. The number of rotatable bonds is 7. The van der Waals surface area contributed by atoms with Gasteiger partial charge in [-0.15, -0.1) is 0 Å². The number of nitrogens with one attached hydrogen (secondary N) is 3. The van der Waals surface area contributed by atoms with E-state index in [4.69, 9.17) is 21.4 Å². The lowest BCUT2D eigenvalue weighted by molar-refractivity contribution is 0.102. The van der Waals surface area contributed by atoms with Crippen molar-refractivity contribution in [1.29, 1.82) is 0 Å². The zero-order valence-electron chi connectivity index (χ0n) is 18.5. The lowest BCUT2D eigenvalue weighted by atomic mass is 9.91. The number of aliphatic hydroxyl groups is 1. The fraction of sp³-hybridized carbons (Fsp3) is 0.714. The molecule has 2 saturated carbocycles.